The van der Waals surface area contributed by atoms with Gasteiger partial charge in [0.2, 0.25) is 5.92 Å². The third-order valence-corrected chi connectivity index (χ3v) is 3.46. The molecule has 0 saturated heterocycles. The van der Waals surface area contributed by atoms with E-state index in [1.807, 2.05) is 23.0 Å². The van der Waals surface area contributed by atoms with E-state index in [-0.39, 0.29) is 18.8 Å². The van der Waals surface area contributed by atoms with Crippen molar-refractivity contribution in [1.29, 1.82) is 0 Å². The fourth-order valence-corrected chi connectivity index (χ4v) is 2.65. The van der Waals surface area contributed by atoms with Crippen molar-refractivity contribution >= 4 is 0 Å². The molecular formula is C13H20F2N2. The highest BCUT2D eigenvalue weighted by atomic mass is 19.3. The fraction of sp³-hybridized carbons (Fsp3) is 0.692. The van der Waals surface area contributed by atoms with Gasteiger partial charge in [-0.1, -0.05) is 0 Å². The topological polar surface area (TPSA) is 30.9 Å². The van der Waals surface area contributed by atoms with E-state index in [1.54, 1.807) is 0 Å². The van der Waals surface area contributed by atoms with Crippen LogP contribution in [0.4, 0.5) is 8.78 Å². The zero-order valence-electron chi connectivity index (χ0n) is 10.0. The molecule has 0 aromatic carbocycles. The van der Waals surface area contributed by atoms with Gasteiger partial charge in [0.25, 0.3) is 0 Å². The average Bonchev–Trinajstić information content (AvgIpc) is 2.64. The molecule has 1 aliphatic carbocycles. The molecule has 1 aromatic heterocycles. The van der Waals surface area contributed by atoms with Gasteiger partial charge in [0.1, 0.15) is 0 Å². The molecule has 1 aromatic rings. The molecule has 2 nitrogen and oxygen atoms in total. The molecule has 96 valence electrons. The summed E-state index contributed by atoms with van der Waals surface area (Å²) < 4.78 is 28.5. The lowest BCUT2D eigenvalue weighted by Gasteiger charge is -2.29. The Morgan fingerprint density at radius 2 is 2.29 bits per heavy atom. The van der Waals surface area contributed by atoms with Crippen molar-refractivity contribution in [3.05, 3.63) is 24.0 Å². The van der Waals surface area contributed by atoms with E-state index in [9.17, 15) is 8.78 Å². The van der Waals surface area contributed by atoms with Crippen molar-refractivity contribution in [2.45, 2.75) is 44.6 Å². The van der Waals surface area contributed by atoms with Crippen LogP contribution < -0.4 is 5.73 Å². The molecule has 1 heterocycles. The summed E-state index contributed by atoms with van der Waals surface area (Å²) in [4.78, 5) is 0. The number of hydrogen-bond donors (Lipinski definition) is 1. The molecule has 1 saturated carbocycles. The highest BCUT2D eigenvalue weighted by molar-refractivity contribution is 5.10. The average molecular weight is 242 g/mol. The highest BCUT2D eigenvalue weighted by Crippen LogP contribution is 2.37. The Balaban J connectivity index is 1.91. The fourth-order valence-electron chi connectivity index (χ4n) is 2.65. The van der Waals surface area contributed by atoms with Gasteiger partial charge in [0.15, 0.2) is 0 Å². The first-order valence-corrected chi connectivity index (χ1v) is 6.31. The maximum Gasteiger partial charge on any atom is 0.248 e. The van der Waals surface area contributed by atoms with Crippen molar-refractivity contribution in [1.82, 2.24) is 4.57 Å². The molecule has 0 amide bonds. The summed E-state index contributed by atoms with van der Waals surface area (Å²) in [6, 6.07) is 2.02. The van der Waals surface area contributed by atoms with E-state index < -0.39 is 5.92 Å². The van der Waals surface area contributed by atoms with Crippen molar-refractivity contribution in [3.63, 3.8) is 0 Å². The SMILES string of the molecule is NCCc1ccn(CC2CCCC(F)(F)C2)c1. The smallest absolute Gasteiger partial charge is 0.248 e. The monoisotopic (exact) mass is 242 g/mol. The van der Waals surface area contributed by atoms with E-state index in [0.717, 1.165) is 12.8 Å². The first-order valence-electron chi connectivity index (χ1n) is 6.31. The second-order valence-corrected chi connectivity index (χ2v) is 5.07. The van der Waals surface area contributed by atoms with Crippen LogP contribution in [0.5, 0.6) is 0 Å². The van der Waals surface area contributed by atoms with Crippen LogP contribution in [0.3, 0.4) is 0 Å². The summed E-state index contributed by atoms with van der Waals surface area (Å²) in [7, 11) is 0. The first-order chi connectivity index (χ1) is 8.09. The molecule has 17 heavy (non-hydrogen) atoms. The summed E-state index contributed by atoms with van der Waals surface area (Å²) in [5.74, 6) is -2.34. The number of hydrogen-bond acceptors (Lipinski definition) is 1. The van der Waals surface area contributed by atoms with Crippen LogP contribution in [-0.4, -0.2) is 17.0 Å². The molecule has 1 fully saturated rings. The molecular weight excluding hydrogens is 222 g/mol. The Morgan fingerprint density at radius 1 is 1.47 bits per heavy atom. The van der Waals surface area contributed by atoms with Gasteiger partial charge in [-0.25, -0.2) is 8.78 Å². The number of alkyl halides is 2. The van der Waals surface area contributed by atoms with Gasteiger partial charge in [-0.2, -0.15) is 0 Å². The van der Waals surface area contributed by atoms with Crippen LogP contribution in [0, 0.1) is 5.92 Å². The van der Waals surface area contributed by atoms with E-state index in [1.165, 1.54) is 5.56 Å². The Kier molecular flexibility index (Phi) is 3.82. The lowest BCUT2D eigenvalue weighted by molar-refractivity contribution is -0.0547. The Labute approximate surface area is 101 Å². The van der Waals surface area contributed by atoms with Gasteiger partial charge in [-0.3, -0.25) is 0 Å². The second kappa shape index (κ2) is 5.17. The van der Waals surface area contributed by atoms with Crippen LogP contribution in [0.2, 0.25) is 0 Å². The minimum Gasteiger partial charge on any atom is -0.354 e. The largest absolute Gasteiger partial charge is 0.354 e. The summed E-state index contributed by atoms with van der Waals surface area (Å²) in [5.41, 5.74) is 6.67. The number of halogens is 2. The van der Waals surface area contributed by atoms with Gasteiger partial charge in [-0.05, 0) is 43.4 Å². The molecule has 1 aliphatic rings. The molecule has 1 atom stereocenters. The van der Waals surface area contributed by atoms with Crippen LogP contribution in [-0.2, 0) is 13.0 Å². The van der Waals surface area contributed by atoms with Crippen LogP contribution in [0.25, 0.3) is 0 Å². The van der Waals surface area contributed by atoms with Crippen molar-refractivity contribution < 1.29 is 8.78 Å². The standard InChI is InChI=1S/C13H20F2N2/c14-13(15)5-1-2-12(8-13)10-17-7-4-11(9-17)3-6-16/h4,7,9,12H,1-3,5-6,8,10,16H2. The quantitative estimate of drug-likeness (QED) is 0.864. The van der Waals surface area contributed by atoms with Gasteiger partial charge in [-0.15, -0.1) is 0 Å². The maximum absolute atomic E-state index is 13.3. The van der Waals surface area contributed by atoms with E-state index >= 15 is 0 Å². The number of aromatic nitrogens is 1. The Bertz CT molecular complexity index is 360. The number of nitrogens with zero attached hydrogens (tertiary/aromatic N) is 1. The predicted molar refractivity (Wildman–Crippen MR) is 64.1 cm³/mol. The van der Waals surface area contributed by atoms with E-state index in [0.29, 0.717) is 19.5 Å². The third-order valence-electron chi connectivity index (χ3n) is 3.46. The van der Waals surface area contributed by atoms with Crippen LogP contribution in [0.1, 0.15) is 31.2 Å². The Hall–Kier alpha value is -0.900. The summed E-state index contributed by atoms with van der Waals surface area (Å²) in [6.45, 7) is 1.34. The summed E-state index contributed by atoms with van der Waals surface area (Å²) >= 11 is 0. The zero-order chi connectivity index (χ0) is 12.3. The lowest BCUT2D eigenvalue weighted by Crippen LogP contribution is -2.28. The second-order valence-electron chi connectivity index (χ2n) is 5.07. The third kappa shape index (κ3) is 3.53. The van der Waals surface area contributed by atoms with Gasteiger partial charge < -0.3 is 10.3 Å². The van der Waals surface area contributed by atoms with Crippen molar-refractivity contribution in [2.24, 2.45) is 11.7 Å². The minimum atomic E-state index is -2.45. The summed E-state index contributed by atoms with van der Waals surface area (Å²) in [5, 5.41) is 0. The molecule has 0 bridgehead atoms. The van der Waals surface area contributed by atoms with Crippen molar-refractivity contribution in [3.8, 4) is 0 Å². The molecule has 2 N–H and O–H groups in total. The van der Waals surface area contributed by atoms with Crippen molar-refractivity contribution in [2.75, 3.05) is 6.54 Å². The molecule has 0 radical (unpaired) electrons. The number of nitrogens with two attached hydrogens (primary N) is 1. The molecule has 1 unspecified atom stereocenters. The van der Waals surface area contributed by atoms with Gasteiger partial charge >= 0.3 is 0 Å². The molecule has 0 spiro atoms. The predicted octanol–water partition coefficient (Wildman–Crippen LogP) is 2.81. The van der Waals surface area contributed by atoms with Crippen LogP contribution in [0.15, 0.2) is 18.5 Å². The minimum absolute atomic E-state index is 0.0391. The lowest BCUT2D eigenvalue weighted by atomic mass is 9.86. The van der Waals surface area contributed by atoms with E-state index in [4.69, 9.17) is 5.73 Å². The molecule has 4 heteroatoms. The molecule has 2 rings (SSSR count). The first kappa shape index (κ1) is 12.6. The number of rotatable bonds is 4. The normalized spacial score (nSPS) is 23.8. The van der Waals surface area contributed by atoms with Gasteiger partial charge in [0.05, 0.1) is 0 Å². The Morgan fingerprint density at radius 3 is 3.00 bits per heavy atom. The van der Waals surface area contributed by atoms with E-state index in [2.05, 4.69) is 0 Å². The summed E-state index contributed by atoms with van der Waals surface area (Å²) in [6.07, 6.45) is 6.52. The van der Waals surface area contributed by atoms with Gasteiger partial charge in [0, 0.05) is 31.8 Å². The maximum atomic E-state index is 13.3. The molecule has 0 aliphatic heterocycles. The zero-order valence-corrected chi connectivity index (χ0v) is 10.0. The highest BCUT2D eigenvalue weighted by Gasteiger charge is 2.36. The van der Waals surface area contributed by atoms with Crippen LogP contribution >= 0.6 is 0 Å².